The fourth-order valence-electron chi connectivity index (χ4n) is 3.21. The predicted octanol–water partition coefficient (Wildman–Crippen LogP) is 1.44. The molecule has 2 aliphatic heterocycles. The fraction of sp³-hybridized carbons (Fsp3) is 0.294. The summed E-state index contributed by atoms with van der Waals surface area (Å²) in [4.78, 5) is 32.7. The molecule has 3 heterocycles. The van der Waals surface area contributed by atoms with E-state index in [9.17, 15) is 14.0 Å². The van der Waals surface area contributed by atoms with Crippen molar-refractivity contribution >= 4 is 23.7 Å². The number of carbonyl (C=O) groups is 2. The first-order chi connectivity index (χ1) is 11.9. The number of carbonyl (C=O) groups excluding carboxylic acids is 2. The second-order valence-corrected chi connectivity index (χ2v) is 6.30. The van der Waals surface area contributed by atoms with Gasteiger partial charge in [-0.3, -0.25) is 14.6 Å². The summed E-state index contributed by atoms with van der Waals surface area (Å²) in [5.41, 5.74) is 1.65. The third-order valence-corrected chi connectivity index (χ3v) is 4.74. The van der Waals surface area contributed by atoms with Crippen molar-refractivity contribution in [2.45, 2.75) is 19.5 Å². The summed E-state index contributed by atoms with van der Waals surface area (Å²) in [7, 11) is 3.47. The quantitative estimate of drug-likeness (QED) is 0.776. The van der Waals surface area contributed by atoms with Gasteiger partial charge >= 0.3 is 12.0 Å². The molecule has 1 aromatic heterocycles. The Bertz CT molecular complexity index is 931. The van der Waals surface area contributed by atoms with E-state index < -0.39 is 12.1 Å². The molecule has 3 amide bonds. The molecular formula is C17H17FN5O2+. The van der Waals surface area contributed by atoms with E-state index in [1.807, 2.05) is 24.7 Å². The Morgan fingerprint density at radius 1 is 1.20 bits per heavy atom. The van der Waals surface area contributed by atoms with Gasteiger partial charge < -0.3 is 0 Å². The number of rotatable bonds is 2. The van der Waals surface area contributed by atoms with Crippen LogP contribution in [0, 0.1) is 12.7 Å². The molecule has 2 aromatic rings. The van der Waals surface area contributed by atoms with Crippen molar-refractivity contribution in [2.75, 3.05) is 7.05 Å². The molecule has 4 rings (SSSR count). The maximum Gasteiger partial charge on any atom is 0.401 e. The minimum Gasteiger partial charge on any atom is -0.270 e. The molecule has 1 aromatic carbocycles. The predicted molar refractivity (Wildman–Crippen MR) is 86.6 cm³/mol. The van der Waals surface area contributed by atoms with Crippen LogP contribution in [0.4, 0.5) is 15.1 Å². The van der Waals surface area contributed by atoms with E-state index in [4.69, 9.17) is 0 Å². The largest absolute Gasteiger partial charge is 0.401 e. The lowest BCUT2D eigenvalue weighted by Gasteiger charge is -2.33. The molecule has 8 heteroatoms. The van der Waals surface area contributed by atoms with Gasteiger partial charge in [0.1, 0.15) is 17.7 Å². The number of aromatic nitrogens is 2. The van der Waals surface area contributed by atoms with Crippen LogP contribution in [0.2, 0.25) is 0 Å². The van der Waals surface area contributed by atoms with Crippen molar-refractivity contribution in [3.05, 3.63) is 47.5 Å². The highest BCUT2D eigenvalue weighted by atomic mass is 19.1. The van der Waals surface area contributed by atoms with Crippen LogP contribution in [-0.4, -0.2) is 39.2 Å². The number of amidine groups is 1. The van der Waals surface area contributed by atoms with Gasteiger partial charge in [-0.1, -0.05) is 17.1 Å². The van der Waals surface area contributed by atoms with Crippen LogP contribution in [0.15, 0.2) is 35.5 Å². The molecule has 1 fully saturated rings. The maximum absolute atomic E-state index is 13.1. The van der Waals surface area contributed by atoms with Crippen LogP contribution >= 0.6 is 0 Å². The van der Waals surface area contributed by atoms with E-state index in [1.165, 1.54) is 21.9 Å². The number of fused-ring (bicyclic) bond motifs is 3. The van der Waals surface area contributed by atoms with Crippen LogP contribution in [0.5, 0.6) is 0 Å². The summed E-state index contributed by atoms with van der Waals surface area (Å²) in [6.07, 6.45) is 1.86. The molecule has 0 aliphatic carbocycles. The summed E-state index contributed by atoms with van der Waals surface area (Å²) in [6.45, 7) is 2.02. The Hall–Kier alpha value is -3.03. The van der Waals surface area contributed by atoms with Gasteiger partial charge in [-0.15, -0.1) is 0 Å². The first-order valence-corrected chi connectivity index (χ1v) is 7.88. The minimum absolute atomic E-state index is 0.0910. The first-order valence-electron chi connectivity index (χ1n) is 7.88. The van der Waals surface area contributed by atoms with Gasteiger partial charge in [-0.2, -0.15) is 0 Å². The molecular weight excluding hydrogens is 325 g/mol. The molecule has 7 nitrogen and oxygen atoms in total. The number of hydrogen-bond acceptors (Lipinski definition) is 3. The number of benzene rings is 1. The zero-order valence-electron chi connectivity index (χ0n) is 14.1. The number of aryl methyl sites for hydroxylation is 1. The van der Waals surface area contributed by atoms with Crippen LogP contribution in [0.1, 0.15) is 17.3 Å². The highest BCUT2D eigenvalue weighted by Gasteiger charge is 2.52. The molecule has 0 radical (unpaired) electrons. The molecule has 2 aliphatic rings. The van der Waals surface area contributed by atoms with Crippen molar-refractivity contribution in [2.24, 2.45) is 12.0 Å². The number of likely N-dealkylation sites (N-methyl/N-ethyl adjacent to an activating group) is 1. The molecule has 0 N–H and O–H groups in total. The second-order valence-electron chi connectivity index (χ2n) is 6.30. The summed E-state index contributed by atoms with van der Waals surface area (Å²) in [5.74, 6) is 0.368. The molecule has 0 spiro atoms. The van der Waals surface area contributed by atoms with E-state index in [2.05, 4.69) is 4.99 Å². The minimum atomic E-state index is -0.655. The molecule has 0 saturated carbocycles. The molecule has 25 heavy (non-hydrogen) atoms. The standard InChI is InChI=1S/C17H17FN5O2/c1-10-8-22-13-14(19-16(22)20(10)2)21(3)17(25)23(15(13)24)9-11-4-6-12(18)7-5-11/h4-8,13H,9H2,1-3H3/q+1. The average Bonchev–Trinajstić information content (AvgIpc) is 3.09. The Labute approximate surface area is 143 Å². The van der Waals surface area contributed by atoms with E-state index in [1.54, 1.807) is 23.7 Å². The normalized spacial score (nSPS) is 19.2. The third-order valence-electron chi connectivity index (χ3n) is 4.74. The highest BCUT2D eigenvalue weighted by Crippen LogP contribution is 2.29. The Morgan fingerprint density at radius 3 is 2.56 bits per heavy atom. The van der Waals surface area contributed by atoms with Gasteiger partial charge in [0.05, 0.1) is 13.6 Å². The number of hydrogen-bond donors (Lipinski definition) is 0. The SMILES string of the molecule is Cc1c[n+]2c(n1C)N=C1C2C(=O)N(Cc2ccc(F)cc2)C(=O)N1C. The Kier molecular flexibility index (Phi) is 3.24. The van der Waals surface area contributed by atoms with Crippen molar-refractivity contribution < 1.29 is 18.5 Å². The van der Waals surface area contributed by atoms with E-state index in [0.29, 0.717) is 17.3 Å². The lowest BCUT2D eigenvalue weighted by molar-refractivity contribution is -0.677. The van der Waals surface area contributed by atoms with Crippen molar-refractivity contribution in [3.63, 3.8) is 0 Å². The second kappa shape index (κ2) is 5.23. The van der Waals surface area contributed by atoms with E-state index in [-0.39, 0.29) is 18.3 Å². The van der Waals surface area contributed by atoms with Gasteiger partial charge in [0.25, 0.3) is 5.91 Å². The van der Waals surface area contributed by atoms with Gasteiger partial charge in [-0.05, 0) is 24.6 Å². The maximum atomic E-state index is 13.1. The van der Waals surface area contributed by atoms with E-state index in [0.717, 1.165) is 5.69 Å². The highest BCUT2D eigenvalue weighted by molar-refractivity contribution is 6.18. The van der Waals surface area contributed by atoms with Gasteiger partial charge in [-0.25, -0.2) is 18.3 Å². The fourth-order valence-corrected chi connectivity index (χ4v) is 3.21. The van der Waals surface area contributed by atoms with Crippen molar-refractivity contribution in [3.8, 4) is 0 Å². The molecule has 1 saturated heterocycles. The lowest BCUT2D eigenvalue weighted by atomic mass is 10.1. The number of imide groups is 1. The number of amides is 3. The number of urea groups is 1. The van der Waals surface area contributed by atoms with E-state index >= 15 is 0 Å². The summed E-state index contributed by atoms with van der Waals surface area (Å²) in [5, 5.41) is 0. The first kappa shape index (κ1) is 15.5. The molecule has 0 bridgehead atoms. The summed E-state index contributed by atoms with van der Waals surface area (Å²) >= 11 is 0. The monoisotopic (exact) mass is 342 g/mol. The van der Waals surface area contributed by atoms with Crippen LogP contribution in [0.3, 0.4) is 0 Å². The average molecular weight is 342 g/mol. The van der Waals surface area contributed by atoms with Gasteiger partial charge in [0, 0.05) is 7.05 Å². The zero-order chi connectivity index (χ0) is 17.9. The molecule has 1 unspecified atom stereocenters. The van der Waals surface area contributed by atoms with Crippen molar-refractivity contribution in [1.29, 1.82) is 0 Å². The Balaban J connectivity index is 1.72. The van der Waals surface area contributed by atoms with Gasteiger partial charge in [0.2, 0.25) is 11.9 Å². The molecule has 128 valence electrons. The zero-order valence-corrected chi connectivity index (χ0v) is 14.1. The summed E-state index contributed by atoms with van der Waals surface area (Å²) in [6, 6.07) is 4.67. The number of aliphatic imine (C=N–C) groups is 1. The van der Waals surface area contributed by atoms with Crippen molar-refractivity contribution in [1.82, 2.24) is 14.4 Å². The smallest absolute Gasteiger partial charge is 0.270 e. The number of imidazole rings is 1. The Morgan fingerprint density at radius 2 is 1.88 bits per heavy atom. The van der Waals surface area contributed by atoms with Crippen LogP contribution in [0.25, 0.3) is 0 Å². The molecule has 1 atom stereocenters. The van der Waals surface area contributed by atoms with Crippen LogP contribution in [-0.2, 0) is 18.4 Å². The number of nitrogens with zero attached hydrogens (tertiary/aromatic N) is 5. The van der Waals surface area contributed by atoms with Crippen LogP contribution < -0.4 is 4.57 Å². The number of halogens is 1. The summed E-state index contributed by atoms with van der Waals surface area (Å²) < 4.78 is 16.7. The van der Waals surface area contributed by atoms with Gasteiger partial charge in [0.15, 0.2) is 0 Å². The lowest BCUT2D eigenvalue weighted by Crippen LogP contribution is -2.62. The third kappa shape index (κ3) is 2.17. The topological polar surface area (TPSA) is 61.8 Å².